The smallest absolute Gasteiger partial charge is 0.197 e. The Labute approximate surface area is 114 Å². The zero-order valence-corrected chi connectivity index (χ0v) is 11.8. The summed E-state index contributed by atoms with van der Waals surface area (Å²) in [6.45, 7) is 7.42. The lowest BCUT2D eigenvalue weighted by Crippen LogP contribution is -2.06. The summed E-state index contributed by atoms with van der Waals surface area (Å²) >= 11 is 0. The minimum absolute atomic E-state index is 0.568. The van der Waals surface area contributed by atoms with Crippen molar-refractivity contribution in [3.63, 3.8) is 0 Å². The predicted molar refractivity (Wildman–Crippen MR) is 77.1 cm³/mol. The normalized spacial score (nSPS) is 10.9. The van der Waals surface area contributed by atoms with E-state index in [1.807, 2.05) is 18.2 Å². The van der Waals surface area contributed by atoms with Gasteiger partial charge < -0.3 is 9.73 Å². The van der Waals surface area contributed by atoms with Crippen LogP contribution < -0.4 is 5.32 Å². The molecule has 0 saturated heterocycles. The van der Waals surface area contributed by atoms with Crippen LogP contribution in [0.1, 0.15) is 32.9 Å². The lowest BCUT2D eigenvalue weighted by atomic mass is 10.1. The van der Waals surface area contributed by atoms with Crippen molar-refractivity contribution < 1.29 is 4.42 Å². The maximum absolute atomic E-state index is 5.39. The molecule has 2 aromatic rings. The van der Waals surface area contributed by atoms with Crippen LogP contribution in [0.2, 0.25) is 0 Å². The molecule has 2 aromatic heterocycles. The van der Waals surface area contributed by atoms with E-state index in [1.165, 1.54) is 0 Å². The monoisotopic (exact) mass is 259 g/mol. The Morgan fingerprint density at radius 2 is 2.16 bits per heavy atom. The van der Waals surface area contributed by atoms with Crippen LogP contribution in [-0.4, -0.2) is 16.5 Å². The third kappa shape index (κ3) is 3.81. The first-order valence-corrected chi connectivity index (χ1v) is 6.84. The van der Waals surface area contributed by atoms with Crippen LogP contribution in [0, 0.1) is 5.92 Å². The summed E-state index contributed by atoms with van der Waals surface area (Å²) in [4.78, 5) is 9.08. The zero-order valence-electron chi connectivity index (χ0n) is 11.8. The highest BCUT2D eigenvalue weighted by molar-refractivity contribution is 5.51. The fourth-order valence-corrected chi connectivity index (χ4v) is 1.88. The summed E-state index contributed by atoms with van der Waals surface area (Å²) in [5.74, 6) is 2.81. The molecule has 0 saturated carbocycles. The molecule has 0 aliphatic carbocycles. The van der Waals surface area contributed by atoms with Gasteiger partial charge in [-0.2, -0.15) is 0 Å². The first-order valence-electron chi connectivity index (χ1n) is 6.84. The van der Waals surface area contributed by atoms with Gasteiger partial charge in [-0.05, 0) is 30.9 Å². The second-order valence-corrected chi connectivity index (χ2v) is 5.07. The van der Waals surface area contributed by atoms with Crippen LogP contribution in [0.3, 0.4) is 0 Å². The number of furan rings is 1. The maximum Gasteiger partial charge on any atom is 0.197 e. The molecule has 19 heavy (non-hydrogen) atoms. The van der Waals surface area contributed by atoms with Crippen molar-refractivity contribution in [2.45, 2.75) is 33.6 Å². The van der Waals surface area contributed by atoms with E-state index in [2.05, 4.69) is 36.1 Å². The van der Waals surface area contributed by atoms with Crippen molar-refractivity contribution in [1.82, 2.24) is 9.97 Å². The van der Waals surface area contributed by atoms with Gasteiger partial charge in [0.05, 0.1) is 6.26 Å². The lowest BCUT2D eigenvalue weighted by molar-refractivity contribution is 0.575. The van der Waals surface area contributed by atoms with Gasteiger partial charge >= 0.3 is 0 Å². The molecule has 0 unspecified atom stereocenters. The van der Waals surface area contributed by atoms with Crippen molar-refractivity contribution in [2.75, 3.05) is 11.9 Å². The number of aromatic nitrogens is 2. The number of hydrogen-bond acceptors (Lipinski definition) is 4. The molecule has 1 N–H and O–H groups in total. The Kier molecular flexibility index (Phi) is 4.55. The summed E-state index contributed by atoms with van der Waals surface area (Å²) in [5, 5.41) is 3.32. The Morgan fingerprint density at radius 3 is 2.79 bits per heavy atom. The zero-order chi connectivity index (χ0) is 13.7. The summed E-state index contributed by atoms with van der Waals surface area (Å²) < 4.78 is 5.39. The molecule has 0 fully saturated rings. The molecule has 0 aliphatic rings. The Balaban J connectivity index is 2.31. The van der Waals surface area contributed by atoms with Gasteiger partial charge in [-0.3, -0.25) is 0 Å². The molecule has 0 atom stereocenters. The van der Waals surface area contributed by atoms with E-state index in [-0.39, 0.29) is 0 Å². The number of rotatable bonds is 6. The molecule has 4 heteroatoms. The maximum atomic E-state index is 5.39. The standard InChI is InChI=1S/C15H21N3O/c1-4-7-16-14-10-12(9-11(2)3)17-15(18-14)13-6-5-8-19-13/h5-6,8,10-11H,4,7,9H2,1-3H3,(H,16,17,18). The lowest BCUT2D eigenvalue weighted by Gasteiger charge is -2.10. The van der Waals surface area contributed by atoms with E-state index < -0.39 is 0 Å². The third-order valence-electron chi connectivity index (χ3n) is 2.69. The second-order valence-electron chi connectivity index (χ2n) is 5.07. The average molecular weight is 259 g/mol. The summed E-state index contributed by atoms with van der Waals surface area (Å²) in [7, 11) is 0. The number of nitrogens with one attached hydrogen (secondary N) is 1. The number of nitrogens with zero attached hydrogens (tertiary/aromatic N) is 2. The van der Waals surface area contributed by atoms with Gasteiger partial charge in [0.15, 0.2) is 11.6 Å². The van der Waals surface area contributed by atoms with Gasteiger partial charge in [0.25, 0.3) is 0 Å². The second kappa shape index (κ2) is 6.36. The third-order valence-corrected chi connectivity index (χ3v) is 2.69. The Morgan fingerprint density at radius 1 is 1.32 bits per heavy atom. The molecular weight excluding hydrogens is 238 g/mol. The summed E-state index contributed by atoms with van der Waals surface area (Å²) in [6, 6.07) is 5.77. The Bertz CT molecular complexity index is 506. The minimum Gasteiger partial charge on any atom is -0.461 e. The van der Waals surface area contributed by atoms with Gasteiger partial charge in [-0.1, -0.05) is 20.8 Å². The van der Waals surface area contributed by atoms with E-state index in [0.29, 0.717) is 17.5 Å². The first kappa shape index (κ1) is 13.6. The highest BCUT2D eigenvalue weighted by atomic mass is 16.3. The summed E-state index contributed by atoms with van der Waals surface area (Å²) in [6.07, 6.45) is 3.66. The molecule has 2 rings (SSSR count). The van der Waals surface area contributed by atoms with E-state index in [0.717, 1.165) is 30.9 Å². The van der Waals surface area contributed by atoms with Crippen LogP contribution in [-0.2, 0) is 6.42 Å². The topological polar surface area (TPSA) is 51.0 Å². The number of anilines is 1. The molecule has 0 aromatic carbocycles. The van der Waals surface area contributed by atoms with Gasteiger partial charge in [-0.25, -0.2) is 9.97 Å². The van der Waals surface area contributed by atoms with Gasteiger partial charge in [-0.15, -0.1) is 0 Å². The van der Waals surface area contributed by atoms with Crippen molar-refractivity contribution in [1.29, 1.82) is 0 Å². The SMILES string of the molecule is CCCNc1cc(CC(C)C)nc(-c2ccco2)n1. The van der Waals surface area contributed by atoms with Crippen LogP contribution in [0.25, 0.3) is 11.6 Å². The largest absolute Gasteiger partial charge is 0.461 e. The van der Waals surface area contributed by atoms with Crippen LogP contribution >= 0.6 is 0 Å². The minimum atomic E-state index is 0.568. The van der Waals surface area contributed by atoms with Crippen LogP contribution in [0.5, 0.6) is 0 Å². The quantitative estimate of drug-likeness (QED) is 0.858. The van der Waals surface area contributed by atoms with Crippen molar-refractivity contribution in [3.8, 4) is 11.6 Å². The van der Waals surface area contributed by atoms with Gasteiger partial charge in [0.1, 0.15) is 5.82 Å². The fraction of sp³-hybridized carbons (Fsp3) is 0.467. The van der Waals surface area contributed by atoms with E-state index >= 15 is 0 Å². The van der Waals surface area contributed by atoms with E-state index in [1.54, 1.807) is 6.26 Å². The molecular formula is C15H21N3O. The molecule has 0 amide bonds. The van der Waals surface area contributed by atoms with Crippen LogP contribution in [0.4, 0.5) is 5.82 Å². The highest BCUT2D eigenvalue weighted by Crippen LogP contribution is 2.19. The average Bonchev–Trinajstić information content (AvgIpc) is 2.89. The van der Waals surface area contributed by atoms with E-state index in [9.17, 15) is 0 Å². The van der Waals surface area contributed by atoms with Crippen molar-refractivity contribution >= 4 is 5.82 Å². The van der Waals surface area contributed by atoms with Gasteiger partial charge in [0.2, 0.25) is 0 Å². The highest BCUT2D eigenvalue weighted by Gasteiger charge is 2.10. The molecule has 0 radical (unpaired) electrons. The van der Waals surface area contributed by atoms with Crippen LogP contribution in [0.15, 0.2) is 28.9 Å². The van der Waals surface area contributed by atoms with Gasteiger partial charge in [0, 0.05) is 18.3 Å². The first-order chi connectivity index (χ1) is 9.19. The van der Waals surface area contributed by atoms with Crippen molar-refractivity contribution in [2.24, 2.45) is 5.92 Å². The van der Waals surface area contributed by atoms with Crippen molar-refractivity contribution in [3.05, 3.63) is 30.2 Å². The molecule has 4 nitrogen and oxygen atoms in total. The predicted octanol–water partition coefficient (Wildman–Crippen LogP) is 3.76. The summed E-state index contributed by atoms with van der Waals surface area (Å²) in [5.41, 5.74) is 1.05. The number of hydrogen-bond donors (Lipinski definition) is 1. The van der Waals surface area contributed by atoms with E-state index in [4.69, 9.17) is 4.42 Å². The molecule has 0 bridgehead atoms. The molecule has 0 aliphatic heterocycles. The Hall–Kier alpha value is -1.84. The molecule has 0 spiro atoms. The fourth-order valence-electron chi connectivity index (χ4n) is 1.88. The molecule has 2 heterocycles. The molecule has 102 valence electrons.